The fraction of sp³-hybridized carbons (Fsp3) is 0.571. The lowest BCUT2D eigenvalue weighted by Crippen LogP contribution is -2.16. The van der Waals surface area contributed by atoms with Gasteiger partial charge in [-0.05, 0) is 47.8 Å². The Morgan fingerprint density at radius 3 is 2.94 bits per heavy atom. The molecule has 1 aromatic carbocycles. The van der Waals surface area contributed by atoms with Gasteiger partial charge in [0.2, 0.25) is 0 Å². The highest BCUT2D eigenvalue weighted by atomic mass is 32.2. The summed E-state index contributed by atoms with van der Waals surface area (Å²) in [6.45, 7) is 2.22. The molecular formula is C14H21NS. The molecule has 0 aromatic heterocycles. The smallest absolute Gasteiger partial charge is 0.0329 e. The molecule has 0 amide bonds. The summed E-state index contributed by atoms with van der Waals surface area (Å²) in [5.41, 5.74) is 9.16. The van der Waals surface area contributed by atoms with Crippen molar-refractivity contribution in [1.29, 1.82) is 0 Å². The van der Waals surface area contributed by atoms with Gasteiger partial charge in [-0.25, -0.2) is 0 Å². The highest BCUT2D eigenvalue weighted by Crippen LogP contribution is 2.36. The van der Waals surface area contributed by atoms with E-state index in [9.17, 15) is 0 Å². The van der Waals surface area contributed by atoms with Gasteiger partial charge in [-0.15, -0.1) is 0 Å². The van der Waals surface area contributed by atoms with Crippen LogP contribution in [0.1, 0.15) is 36.9 Å². The molecule has 0 radical (unpaired) electrons. The van der Waals surface area contributed by atoms with Crippen molar-refractivity contribution < 1.29 is 0 Å². The number of rotatable bonds is 5. The second-order valence-corrected chi connectivity index (χ2v) is 5.92. The minimum atomic E-state index is 0.280. The average Bonchev–Trinajstić information content (AvgIpc) is 2.63. The first-order chi connectivity index (χ1) is 7.83. The number of fused-ring (bicyclic) bond motifs is 1. The zero-order valence-corrected chi connectivity index (χ0v) is 10.8. The molecule has 2 atom stereocenters. The molecule has 1 aliphatic rings. The normalized spacial score (nSPS) is 23.4. The van der Waals surface area contributed by atoms with E-state index >= 15 is 0 Å². The van der Waals surface area contributed by atoms with Crippen molar-refractivity contribution in [3.63, 3.8) is 0 Å². The number of hydrogen-bond acceptors (Lipinski definition) is 2. The van der Waals surface area contributed by atoms with Crippen molar-refractivity contribution in [1.82, 2.24) is 0 Å². The zero-order chi connectivity index (χ0) is 11.4. The first-order valence-electron chi connectivity index (χ1n) is 6.24. The largest absolute Gasteiger partial charge is 0.324 e. The Balaban J connectivity index is 1.87. The molecule has 1 aliphatic carbocycles. The molecule has 2 heteroatoms. The van der Waals surface area contributed by atoms with E-state index in [0.717, 1.165) is 0 Å². The Morgan fingerprint density at radius 2 is 2.19 bits per heavy atom. The van der Waals surface area contributed by atoms with Gasteiger partial charge in [-0.3, -0.25) is 0 Å². The third kappa shape index (κ3) is 2.61. The maximum atomic E-state index is 6.30. The minimum absolute atomic E-state index is 0.280. The SMILES string of the molecule is CCSCCCC1Cc2ccccc2C1N. The van der Waals surface area contributed by atoms with Gasteiger partial charge in [0, 0.05) is 6.04 Å². The van der Waals surface area contributed by atoms with Crippen LogP contribution in [0.2, 0.25) is 0 Å². The number of thioether (sulfide) groups is 1. The van der Waals surface area contributed by atoms with E-state index in [4.69, 9.17) is 5.73 Å². The lowest BCUT2D eigenvalue weighted by Gasteiger charge is -2.15. The van der Waals surface area contributed by atoms with Crippen molar-refractivity contribution in [2.45, 2.75) is 32.2 Å². The van der Waals surface area contributed by atoms with Crippen molar-refractivity contribution in [2.75, 3.05) is 11.5 Å². The van der Waals surface area contributed by atoms with Gasteiger partial charge in [0.05, 0.1) is 0 Å². The summed E-state index contributed by atoms with van der Waals surface area (Å²) in [6.07, 6.45) is 3.78. The maximum absolute atomic E-state index is 6.30. The van der Waals surface area contributed by atoms with Crippen LogP contribution in [-0.4, -0.2) is 11.5 Å². The molecule has 1 aromatic rings. The van der Waals surface area contributed by atoms with Crippen LogP contribution in [0.25, 0.3) is 0 Å². The Hall–Kier alpha value is -0.470. The average molecular weight is 235 g/mol. The summed E-state index contributed by atoms with van der Waals surface area (Å²) in [6, 6.07) is 8.94. The van der Waals surface area contributed by atoms with E-state index in [2.05, 4.69) is 31.2 Å². The first kappa shape index (κ1) is 12.0. The van der Waals surface area contributed by atoms with Crippen molar-refractivity contribution in [3.05, 3.63) is 35.4 Å². The highest BCUT2D eigenvalue weighted by molar-refractivity contribution is 7.99. The van der Waals surface area contributed by atoms with Gasteiger partial charge < -0.3 is 5.73 Å². The Kier molecular flexibility index (Phi) is 4.30. The molecule has 0 saturated heterocycles. The van der Waals surface area contributed by atoms with Gasteiger partial charge in [-0.2, -0.15) is 11.8 Å². The highest BCUT2D eigenvalue weighted by Gasteiger charge is 2.28. The summed E-state index contributed by atoms with van der Waals surface area (Å²) in [5, 5.41) is 0. The molecule has 88 valence electrons. The van der Waals surface area contributed by atoms with Crippen molar-refractivity contribution in [3.8, 4) is 0 Å². The number of hydrogen-bond donors (Lipinski definition) is 1. The Labute approximate surface area is 103 Å². The van der Waals surface area contributed by atoms with E-state index < -0.39 is 0 Å². The lowest BCUT2D eigenvalue weighted by atomic mass is 9.96. The van der Waals surface area contributed by atoms with Crippen LogP contribution in [0.3, 0.4) is 0 Å². The minimum Gasteiger partial charge on any atom is -0.324 e. The molecule has 0 saturated carbocycles. The topological polar surface area (TPSA) is 26.0 Å². The molecule has 0 heterocycles. The molecule has 0 spiro atoms. The number of benzene rings is 1. The quantitative estimate of drug-likeness (QED) is 0.792. The van der Waals surface area contributed by atoms with Gasteiger partial charge in [0.15, 0.2) is 0 Å². The van der Waals surface area contributed by atoms with Crippen molar-refractivity contribution in [2.24, 2.45) is 11.7 Å². The van der Waals surface area contributed by atoms with Crippen molar-refractivity contribution >= 4 is 11.8 Å². The molecule has 16 heavy (non-hydrogen) atoms. The van der Waals surface area contributed by atoms with E-state index in [1.54, 1.807) is 0 Å². The Bertz CT molecular complexity index is 337. The van der Waals surface area contributed by atoms with Crippen LogP contribution in [0, 0.1) is 5.92 Å². The van der Waals surface area contributed by atoms with Crippen LogP contribution in [-0.2, 0) is 6.42 Å². The monoisotopic (exact) mass is 235 g/mol. The standard InChI is InChI=1S/C14H21NS/c1-2-16-9-5-7-12-10-11-6-3-4-8-13(11)14(12)15/h3-4,6,8,12,14H,2,5,7,9-10,15H2,1H3. The summed E-state index contributed by atoms with van der Waals surface area (Å²) < 4.78 is 0. The fourth-order valence-corrected chi connectivity index (χ4v) is 3.24. The molecular weight excluding hydrogens is 214 g/mol. The summed E-state index contributed by atoms with van der Waals surface area (Å²) in [7, 11) is 0. The molecule has 2 rings (SSSR count). The predicted octanol–water partition coefficient (Wildman–Crippen LogP) is 3.39. The third-order valence-corrected chi connectivity index (χ3v) is 4.46. The lowest BCUT2D eigenvalue weighted by molar-refractivity contribution is 0.431. The molecule has 0 bridgehead atoms. The second-order valence-electron chi connectivity index (χ2n) is 4.53. The van der Waals surface area contributed by atoms with Crippen LogP contribution in [0.15, 0.2) is 24.3 Å². The van der Waals surface area contributed by atoms with Gasteiger partial charge >= 0.3 is 0 Å². The molecule has 0 aliphatic heterocycles. The fourth-order valence-electron chi connectivity index (χ4n) is 2.58. The van der Waals surface area contributed by atoms with Gasteiger partial charge in [-0.1, -0.05) is 31.2 Å². The summed E-state index contributed by atoms with van der Waals surface area (Å²) >= 11 is 2.04. The van der Waals surface area contributed by atoms with Crippen LogP contribution < -0.4 is 5.73 Å². The zero-order valence-electron chi connectivity index (χ0n) is 9.99. The van der Waals surface area contributed by atoms with E-state index in [0.29, 0.717) is 5.92 Å². The maximum Gasteiger partial charge on any atom is 0.0329 e. The van der Waals surface area contributed by atoms with Crippen LogP contribution >= 0.6 is 11.8 Å². The molecule has 0 fully saturated rings. The predicted molar refractivity (Wildman–Crippen MR) is 72.8 cm³/mol. The summed E-state index contributed by atoms with van der Waals surface area (Å²) in [5.74, 6) is 3.20. The Morgan fingerprint density at radius 1 is 1.38 bits per heavy atom. The second kappa shape index (κ2) is 5.74. The van der Waals surface area contributed by atoms with E-state index in [-0.39, 0.29) is 6.04 Å². The molecule has 2 N–H and O–H groups in total. The van der Waals surface area contributed by atoms with Crippen LogP contribution in [0.4, 0.5) is 0 Å². The van der Waals surface area contributed by atoms with Gasteiger partial charge in [0.1, 0.15) is 0 Å². The summed E-state index contributed by atoms with van der Waals surface area (Å²) in [4.78, 5) is 0. The van der Waals surface area contributed by atoms with Crippen LogP contribution in [0.5, 0.6) is 0 Å². The first-order valence-corrected chi connectivity index (χ1v) is 7.39. The molecule has 1 nitrogen and oxygen atoms in total. The van der Waals surface area contributed by atoms with Gasteiger partial charge in [0.25, 0.3) is 0 Å². The number of nitrogens with two attached hydrogens (primary N) is 1. The third-order valence-electron chi connectivity index (χ3n) is 3.47. The molecule has 2 unspecified atom stereocenters. The van der Waals surface area contributed by atoms with E-state index in [1.165, 1.54) is 41.9 Å². The van der Waals surface area contributed by atoms with E-state index in [1.807, 2.05) is 11.8 Å².